The molecule has 0 fully saturated rings. The van der Waals surface area contributed by atoms with Crippen LogP contribution in [0.15, 0.2) is 41.2 Å². The molecule has 6 nitrogen and oxygen atoms in total. The highest BCUT2D eigenvalue weighted by atomic mass is 35.5. The van der Waals surface area contributed by atoms with Gasteiger partial charge in [-0.15, -0.1) is 0 Å². The minimum absolute atomic E-state index is 0.292. The predicted molar refractivity (Wildman–Crippen MR) is 93.8 cm³/mol. The quantitative estimate of drug-likeness (QED) is 0.678. The highest BCUT2D eigenvalue weighted by Crippen LogP contribution is 2.26. The molecule has 1 amide bonds. The van der Waals surface area contributed by atoms with Crippen LogP contribution in [0.4, 0.5) is 5.69 Å². The maximum atomic E-state index is 12.3. The van der Waals surface area contributed by atoms with Crippen molar-refractivity contribution in [2.75, 3.05) is 5.32 Å². The standard InChI is InChI=1S/C17H16ClN3O3/c1-9-3-5-12(18)15(7-9)24-10(2)16(22)19-11-4-6-13-14(8-11)21-17(23)20-13/h3-8,10H,1-2H3,(H,19,22)(H2,20,21,23). The molecule has 124 valence electrons. The van der Waals surface area contributed by atoms with E-state index in [0.717, 1.165) is 5.56 Å². The van der Waals surface area contributed by atoms with Gasteiger partial charge in [0.1, 0.15) is 5.75 Å². The summed E-state index contributed by atoms with van der Waals surface area (Å²) in [4.78, 5) is 28.8. The molecule has 0 aliphatic rings. The van der Waals surface area contributed by atoms with Crippen molar-refractivity contribution >= 4 is 34.2 Å². The summed E-state index contributed by atoms with van der Waals surface area (Å²) in [6, 6.07) is 10.5. The van der Waals surface area contributed by atoms with Crippen LogP contribution < -0.4 is 15.7 Å². The summed E-state index contributed by atoms with van der Waals surface area (Å²) >= 11 is 6.08. The molecular weight excluding hydrogens is 330 g/mol. The third-order valence-corrected chi connectivity index (χ3v) is 3.86. The fourth-order valence-electron chi connectivity index (χ4n) is 2.30. The Balaban J connectivity index is 1.72. The van der Waals surface area contributed by atoms with Crippen molar-refractivity contribution < 1.29 is 9.53 Å². The van der Waals surface area contributed by atoms with Gasteiger partial charge in [0.25, 0.3) is 5.91 Å². The largest absolute Gasteiger partial charge is 0.479 e. The molecule has 1 heterocycles. The number of H-pyrrole nitrogens is 2. The van der Waals surface area contributed by atoms with Gasteiger partial charge in [0.2, 0.25) is 0 Å². The average Bonchev–Trinajstić information content (AvgIpc) is 2.90. The smallest absolute Gasteiger partial charge is 0.323 e. The van der Waals surface area contributed by atoms with E-state index in [-0.39, 0.29) is 11.6 Å². The minimum Gasteiger partial charge on any atom is -0.479 e. The maximum absolute atomic E-state index is 12.3. The van der Waals surface area contributed by atoms with E-state index in [1.807, 2.05) is 13.0 Å². The SMILES string of the molecule is Cc1ccc(Cl)c(OC(C)C(=O)Nc2ccc3[nH]c(=O)[nH]c3c2)c1. The van der Waals surface area contributed by atoms with E-state index < -0.39 is 6.10 Å². The van der Waals surface area contributed by atoms with E-state index in [2.05, 4.69) is 15.3 Å². The van der Waals surface area contributed by atoms with E-state index in [9.17, 15) is 9.59 Å². The molecule has 0 aliphatic carbocycles. The summed E-state index contributed by atoms with van der Waals surface area (Å²) in [5.74, 6) is 0.148. The molecule has 0 aliphatic heterocycles. The first-order chi connectivity index (χ1) is 11.4. The Morgan fingerprint density at radius 2 is 1.92 bits per heavy atom. The number of imidazole rings is 1. The molecule has 2 aromatic carbocycles. The van der Waals surface area contributed by atoms with Crippen LogP contribution in [0.1, 0.15) is 12.5 Å². The summed E-state index contributed by atoms with van der Waals surface area (Å²) in [5, 5.41) is 3.20. The van der Waals surface area contributed by atoms with Gasteiger partial charge in [-0.1, -0.05) is 17.7 Å². The van der Waals surface area contributed by atoms with Crippen molar-refractivity contribution in [2.24, 2.45) is 0 Å². The van der Waals surface area contributed by atoms with Crippen LogP contribution in [0.2, 0.25) is 5.02 Å². The van der Waals surface area contributed by atoms with Crippen LogP contribution >= 0.6 is 11.6 Å². The number of halogens is 1. The normalized spacial score (nSPS) is 12.1. The molecule has 0 spiro atoms. The summed E-state index contributed by atoms with van der Waals surface area (Å²) < 4.78 is 5.64. The number of fused-ring (bicyclic) bond motifs is 1. The zero-order chi connectivity index (χ0) is 17.3. The lowest BCUT2D eigenvalue weighted by Gasteiger charge is -2.16. The molecule has 1 atom stereocenters. The second-order valence-corrected chi connectivity index (χ2v) is 5.93. The Bertz CT molecular complexity index is 961. The first kappa shape index (κ1) is 16.1. The number of hydrogen-bond acceptors (Lipinski definition) is 3. The monoisotopic (exact) mass is 345 g/mol. The number of hydrogen-bond donors (Lipinski definition) is 3. The molecule has 3 aromatic rings. The predicted octanol–water partition coefficient (Wildman–Crippen LogP) is 3.22. The third kappa shape index (κ3) is 3.44. The Kier molecular flexibility index (Phi) is 4.31. The van der Waals surface area contributed by atoms with E-state index in [4.69, 9.17) is 16.3 Å². The van der Waals surface area contributed by atoms with Gasteiger partial charge in [0, 0.05) is 5.69 Å². The fraction of sp³-hybridized carbons (Fsp3) is 0.176. The first-order valence-electron chi connectivity index (χ1n) is 7.38. The van der Waals surface area contributed by atoms with E-state index in [0.29, 0.717) is 27.5 Å². The first-order valence-corrected chi connectivity index (χ1v) is 7.76. The third-order valence-electron chi connectivity index (χ3n) is 3.54. The molecule has 0 saturated carbocycles. The van der Waals surface area contributed by atoms with Crippen LogP contribution in [-0.4, -0.2) is 22.0 Å². The number of amides is 1. The number of aryl methyl sites for hydroxylation is 1. The number of anilines is 1. The van der Waals surface area contributed by atoms with Crippen molar-refractivity contribution in [1.29, 1.82) is 0 Å². The molecule has 1 aromatic heterocycles. The molecule has 3 rings (SSSR count). The van der Waals surface area contributed by atoms with Crippen molar-refractivity contribution in [3.8, 4) is 5.75 Å². The summed E-state index contributed by atoms with van der Waals surface area (Å²) in [6.45, 7) is 3.56. The Morgan fingerprint density at radius 1 is 1.17 bits per heavy atom. The van der Waals surface area contributed by atoms with Crippen LogP contribution in [0.3, 0.4) is 0 Å². The highest BCUT2D eigenvalue weighted by molar-refractivity contribution is 6.32. The molecular formula is C17H16ClN3O3. The van der Waals surface area contributed by atoms with Crippen LogP contribution in [0.5, 0.6) is 5.75 Å². The zero-order valence-corrected chi connectivity index (χ0v) is 13.9. The van der Waals surface area contributed by atoms with Gasteiger partial charge in [-0.2, -0.15) is 0 Å². The van der Waals surface area contributed by atoms with Crippen molar-refractivity contribution in [3.63, 3.8) is 0 Å². The molecule has 1 unspecified atom stereocenters. The van der Waals surface area contributed by atoms with Crippen molar-refractivity contribution in [1.82, 2.24) is 9.97 Å². The van der Waals surface area contributed by atoms with E-state index in [1.54, 1.807) is 37.3 Å². The Morgan fingerprint density at radius 3 is 2.71 bits per heavy atom. The van der Waals surface area contributed by atoms with Crippen LogP contribution in [0.25, 0.3) is 11.0 Å². The molecule has 0 radical (unpaired) electrons. The van der Waals surface area contributed by atoms with Gasteiger partial charge in [0.05, 0.1) is 16.1 Å². The number of aromatic amines is 2. The maximum Gasteiger partial charge on any atom is 0.323 e. The molecule has 3 N–H and O–H groups in total. The molecule has 0 saturated heterocycles. The topological polar surface area (TPSA) is 87.0 Å². The van der Waals surface area contributed by atoms with Gasteiger partial charge in [-0.25, -0.2) is 4.79 Å². The van der Waals surface area contributed by atoms with Crippen LogP contribution in [0, 0.1) is 6.92 Å². The number of carbonyl (C=O) groups excluding carboxylic acids is 1. The van der Waals surface area contributed by atoms with Gasteiger partial charge >= 0.3 is 5.69 Å². The number of nitrogens with one attached hydrogen (secondary N) is 3. The van der Waals surface area contributed by atoms with Gasteiger partial charge in [0.15, 0.2) is 6.10 Å². The highest BCUT2D eigenvalue weighted by Gasteiger charge is 2.16. The number of aromatic nitrogens is 2. The number of rotatable bonds is 4. The summed E-state index contributed by atoms with van der Waals surface area (Å²) in [6.07, 6.45) is -0.731. The molecule has 7 heteroatoms. The minimum atomic E-state index is -0.731. The second-order valence-electron chi connectivity index (χ2n) is 5.52. The average molecular weight is 346 g/mol. The molecule has 24 heavy (non-hydrogen) atoms. The van der Waals surface area contributed by atoms with Crippen molar-refractivity contribution in [3.05, 3.63) is 57.5 Å². The van der Waals surface area contributed by atoms with Gasteiger partial charge < -0.3 is 20.0 Å². The van der Waals surface area contributed by atoms with Gasteiger partial charge in [-0.05, 0) is 49.7 Å². The Hall–Kier alpha value is -2.73. The lowest BCUT2D eigenvalue weighted by Crippen LogP contribution is -2.30. The second kappa shape index (κ2) is 6.41. The number of benzene rings is 2. The number of ether oxygens (including phenoxy) is 1. The van der Waals surface area contributed by atoms with Crippen molar-refractivity contribution in [2.45, 2.75) is 20.0 Å². The fourth-order valence-corrected chi connectivity index (χ4v) is 2.46. The summed E-state index contributed by atoms with van der Waals surface area (Å²) in [5.41, 5.74) is 2.55. The number of carbonyl (C=O) groups is 1. The summed E-state index contributed by atoms with van der Waals surface area (Å²) in [7, 11) is 0. The van der Waals surface area contributed by atoms with Crippen LogP contribution in [-0.2, 0) is 4.79 Å². The zero-order valence-electron chi connectivity index (χ0n) is 13.1. The Labute approximate surface area is 142 Å². The van der Waals surface area contributed by atoms with E-state index in [1.165, 1.54) is 0 Å². The molecule has 0 bridgehead atoms. The van der Waals surface area contributed by atoms with Gasteiger partial charge in [-0.3, -0.25) is 4.79 Å². The lowest BCUT2D eigenvalue weighted by molar-refractivity contribution is -0.122. The van der Waals surface area contributed by atoms with E-state index >= 15 is 0 Å². The lowest BCUT2D eigenvalue weighted by atomic mass is 10.2.